The van der Waals surface area contributed by atoms with Gasteiger partial charge in [-0.15, -0.1) is 0 Å². The van der Waals surface area contributed by atoms with Crippen LogP contribution in [0.5, 0.6) is 0 Å². The van der Waals surface area contributed by atoms with Crippen molar-refractivity contribution in [2.24, 2.45) is 0 Å². The van der Waals surface area contributed by atoms with Gasteiger partial charge in [0.1, 0.15) is 24.8 Å². The lowest BCUT2D eigenvalue weighted by Crippen LogP contribution is -2.55. The molecule has 1 unspecified atom stereocenters. The third kappa shape index (κ3) is 3.73. The fourth-order valence-corrected chi connectivity index (χ4v) is 4.51. The number of unbranched alkanes of at least 4 members (excludes halogenated alkanes) is 1. The van der Waals surface area contributed by atoms with E-state index in [1.807, 2.05) is 0 Å². The third-order valence-corrected chi connectivity index (χ3v) is 6.17. The minimum Gasteiger partial charge on any atom is -0.304 e. The Morgan fingerprint density at radius 3 is 2.65 bits per heavy atom. The highest BCUT2D eigenvalue weighted by Crippen LogP contribution is 2.24. The lowest BCUT2D eigenvalue weighted by molar-refractivity contribution is 0.145. The molecule has 1 fully saturated rings. The number of quaternary nitrogens is 1. The summed E-state index contributed by atoms with van der Waals surface area (Å²) in [5.74, 6) is 0. The van der Waals surface area contributed by atoms with Crippen LogP contribution in [0.4, 0.5) is 0 Å². The molecule has 3 heterocycles. The van der Waals surface area contributed by atoms with Crippen molar-refractivity contribution < 1.29 is 0 Å². The number of piperazine rings is 1. The number of benzene rings is 1. The Morgan fingerprint density at radius 1 is 1.00 bits per heavy atom. The summed E-state index contributed by atoms with van der Waals surface area (Å²) in [6.45, 7) is 8.57. The van der Waals surface area contributed by atoms with Crippen LogP contribution >= 0.6 is 0 Å². The molecule has 0 radical (unpaired) electrons. The van der Waals surface area contributed by atoms with E-state index in [0.717, 1.165) is 4.59 Å². The molecule has 2 aliphatic rings. The topological polar surface area (TPSA) is 11.4 Å². The molecule has 1 atom stereocenters. The highest BCUT2D eigenvalue weighted by molar-refractivity contribution is 5.80. The molecular weight excluding hydrogens is 320 g/mol. The first-order valence-electron chi connectivity index (χ1n) is 10.3. The zero-order valence-corrected chi connectivity index (χ0v) is 16.2. The predicted molar refractivity (Wildman–Crippen MR) is 111 cm³/mol. The highest BCUT2D eigenvalue weighted by Gasteiger charge is 2.30. The molecule has 2 aliphatic heterocycles. The van der Waals surface area contributed by atoms with Crippen LogP contribution in [0, 0.1) is 0 Å². The van der Waals surface area contributed by atoms with E-state index >= 15 is 0 Å². The van der Waals surface area contributed by atoms with E-state index in [1.165, 1.54) is 82.4 Å². The summed E-state index contributed by atoms with van der Waals surface area (Å²) in [5.41, 5.74) is 1.36. The summed E-state index contributed by atoms with van der Waals surface area (Å²) < 4.78 is 3.47. The molecule has 4 rings (SSSR count). The summed E-state index contributed by atoms with van der Waals surface area (Å²) in [4.78, 5) is 5.08. The van der Waals surface area contributed by atoms with Crippen LogP contribution in [0.2, 0.25) is 0 Å². The molecule has 4 nitrogen and oxygen atoms in total. The smallest absolute Gasteiger partial charge is 0.117 e. The van der Waals surface area contributed by atoms with Crippen LogP contribution < -0.4 is 4.59 Å². The van der Waals surface area contributed by atoms with E-state index in [0.29, 0.717) is 0 Å². The van der Waals surface area contributed by atoms with Gasteiger partial charge in [-0.2, -0.15) is 9.27 Å². The Labute approximate surface area is 157 Å². The van der Waals surface area contributed by atoms with Crippen molar-refractivity contribution in [1.29, 1.82) is 0 Å². The Bertz CT molecular complexity index is 741. The number of nitrogens with zero attached hydrogens (tertiary/aromatic N) is 4. The van der Waals surface area contributed by atoms with E-state index < -0.39 is 0 Å². The largest absolute Gasteiger partial charge is 0.304 e. The van der Waals surface area contributed by atoms with Crippen LogP contribution in [-0.4, -0.2) is 67.3 Å². The van der Waals surface area contributed by atoms with E-state index in [9.17, 15) is 0 Å². The van der Waals surface area contributed by atoms with E-state index in [2.05, 4.69) is 70.3 Å². The summed E-state index contributed by atoms with van der Waals surface area (Å²) in [6.07, 6.45) is 12.2. The minimum atomic E-state index is 0.969. The molecule has 0 saturated carbocycles. The van der Waals surface area contributed by atoms with Crippen LogP contribution in [0.25, 0.3) is 10.9 Å². The van der Waals surface area contributed by atoms with Gasteiger partial charge in [0, 0.05) is 44.4 Å². The highest BCUT2D eigenvalue weighted by atomic mass is 15.7. The van der Waals surface area contributed by atoms with Crippen LogP contribution in [0.1, 0.15) is 25.7 Å². The van der Waals surface area contributed by atoms with Gasteiger partial charge in [0.05, 0.1) is 6.20 Å². The number of hydrogen-bond acceptors (Lipinski definition) is 2. The lowest BCUT2D eigenvalue weighted by Gasteiger charge is -2.38. The quantitative estimate of drug-likeness (QED) is 0.582. The molecule has 0 bridgehead atoms. The first-order valence-corrected chi connectivity index (χ1v) is 10.3. The average molecular weight is 354 g/mol. The minimum absolute atomic E-state index is 0.969. The maximum absolute atomic E-state index is 2.64. The second-order valence-electron chi connectivity index (χ2n) is 8.03. The summed E-state index contributed by atoms with van der Waals surface area (Å²) in [5, 5.41) is 1.35. The Kier molecular flexibility index (Phi) is 5.44. The fourth-order valence-electron chi connectivity index (χ4n) is 4.51. The number of fused-ring (bicyclic) bond motifs is 1. The lowest BCUT2D eigenvalue weighted by atomic mass is 10.2. The van der Waals surface area contributed by atoms with Gasteiger partial charge < -0.3 is 9.80 Å². The fraction of sp³-hybridized carbons (Fsp3) is 0.545. The molecule has 2 aromatic rings. The maximum Gasteiger partial charge on any atom is 0.117 e. The number of hydrogen-bond donors (Lipinski definition) is 0. The van der Waals surface area contributed by atoms with E-state index in [1.54, 1.807) is 0 Å². The molecular formula is C22H33N4+. The van der Waals surface area contributed by atoms with Gasteiger partial charge in [-0.25, -0.2) is 0 Å². The molecule has 4 heteroatoms. The monoisotopic (exact) mass is 353 g/mol. The standard InChI is InChI=1S/C22H33N4/c1-23-14-16-24(17-15-23)12-5-8-20-26(18-6-2-7-19-26)25-13-11-21-9-3-4-10-22(21)25/h3-4,6,9-11,13,18H,2,5,7-8,12,14-17,19-20H2,1H3/q+1. The summed E-state index contributed by atoms with van der Waals surface area (Å²) in [6, 6.07) is 11.1. The van der Waals surface area contributed by atoms with Crippen molar-refractivity contribution >= 4 is 10.9 Å². The van der Waals surface area contributed by atoms with Gasteiger partial charge in [0.2, 0.25) is 0 Å². The first-order chi connectivity index (χ1) is 12.8. The van der Waals surface area contributed by atoms with E-state index in [4.69, 9.17) is 0 Å². The van der Waals surface area contributed by atoms with Crippen LogP contribution in [0.15, 0.2) is 48.8 Å². The summed E-state index contributed by atoms with van der Waals surface area (Å²) >= 11 is 0. The van der Waals surface area contributed by atoms with Crippen molar-refractivity contribution in [2.45, 2.75) is 25.7 Å². The van der Waals surface area contributed by atoms with Crippen LogP contribution in [0.3, 0.4) is 0 Å². The Balaban J connectivity index is 1.42. The Morgan fingerprint density at radius 2 is 1.85 bits per heavy atom. The maximum atomic E-state index is 2.64. The summed E-state index contributed by atoms with van der Waals surface area (Å²) in [7, 11) is 2.23. The van der Waals surface area contributed by atoms with Gasteiger partial charge in [-0.05, 0) is 44.6 Å². The molecule has 1 saturated heterocycles. The normalized spacial score (nSPS) is 25.1. The first kappa shape index (κ1) is 17.8. The average Bonchev–Trinajstić information content (AvgIpc) is 3.12. The molecule has 0 N–H and O–H groups in total. The van der Waals surface area contributed by atoms with Crippen molar-refractivity contribution in [3.05, 3.63) is 48.8 Å². The zero-order valence-electron chi connectivity index (χ0n) is 16.2. The van der Waals surface area contributed by atoms with Gasteiger partial charge >= 0.3 is 0 Å². The van der Waals surface area contributed by atoms with Gasteiger partial charge in [0.25, 0.3) is 0 Å². The molecule has 140 valence electrons. The molecule has 0 spiro atoms. The molecule has 26 heavy (non-hydrogen) atoms. The second kappa shape index (κ2) is 7.95. The van der Waals surface area contributed by atoms with Crippen LogP contribution in [-0.2, 0) is 0 Å². The molecule has 1 aromatic carbocycles. The SMILES string of the molecule is CN1CCN(CCCC[N+]2(n3ccc4ccccc43)C=CCCC2)CC1. The number of aromatic nitrogens is 1. The Hall–Kier alpha value is -1.62. The van der Waals surface area contributed by atoms with Gasteiger partial charge in [-0.1, -0.05) is 18.2 Å². The van der Waals surface area contributed by atoms with Crippen molar-refractivity contribution in [3.8, 4) is 0 Å². The van der Waals surface area contributed by atoms with E-state index in [-0.39, 0.29) is 0 Å². The number of allylic oxidation sites excluding steroid dienone is 1. The molecule has 0 aliphatic carbocycles. The zero-order chi connectivity index (χ0) is 17.8. The third-order valence-electron chi connectivity index (χ3n) is 6.17. The van der Waals surface area contributed by atoms with Crippen molar-refractivity contribution in [2.75, 3.05) is 52.9 Å². The molecule has 1 aromatic heterocycles. The van der Waals surface area contributed by atoms with Gasteiger partial charge in [-0.3, -0.25) is 0 Å². The van der Waals surface area contributed by atoms with Gasteiger partial charge in [0.15, 0.2) is 0 Å². The second-order valence-corrected chi connectivity index (χ2v) is 8.03. The number of likely N-dealkylation sites (N-methyl/N-ethyl adjacent to an activating group) is 1. The molecule has 0 amide bonds. The van der Waals surface area contributed by atoms with Crippen molar-refractivity contribution in [1.82, 2.24) is 19.1 Å². The van der Waals surface area contributed by atoms with Crippen molar-refractivity contribution in [3.63, 3.8) is 0 Å². The number of para-hydroxylation sites is 1. The number of rotatable bonds is 6. The predicted octanol–water partition coefficient (Wildman–Crippen LogP) is 3.42.